The van der Waals surface area contributed by atoms with Gasteiger partial charge in [-0.2, -0.15) is 0 Å². The number of rotatable bonds is 3. The molecule has 0 aliphatic carbocycles. The maximum absolute atomic E-state index is 12.9. The summed E-state index contributed by atoms with van der Waals surface area (Å²) in [7, 11) is 0. The van der Waals surface area contributed by atoms with Crippen LogP contribution >= 0.6 is 0 Å². The predicted molar refractivity (Wildman–Crippen MR) is 62.7 cm³/mol. The van der Waals surface area contributed by atoms with Crippen LogP contribution in [0.5, 0.6) is 0 Å². The van der Waals surface area contributed by atoms with E-state index in [0.29, 0.717) is 6.42 Å². The largest absolute Gasteiger partial charge is 0.319 e. The van der Waals surface area contributed by atoms with Crippen LogP contribution in [-0.2, 0) is 4.79 Å². The van der Waals surface area contributed by atoms with Crippen LogP contribution in [0.1, 0.15) is 12.8 Å². The minimum atomic E-state index is -0.721. The molecule has 1 fully saturated rings. The summed E-state index contributed by atoms with van der Waals surface area (Å²) >= 11 is 0. The van der Waals surface area contributed by atoms with Gasteiger partial charge >= 0.3 is 0 Å². The third kappa shape index (κ3) is 2.62. The summed E-state index contributed by atoms with van der Waals surface area (Å²) in [6.45, 7) is 0.754. The fourth-order valence-corrected chi connectivity index (χ4v) is 1.89. The van der Waals surface area contributed by atoms with Crippen molar-refractivity contribution in [2.75, 3.05) is 11.9 Å². The summed E-state index contributed by atoms with van der Waals surface area (Å²) in [5.41, 5.74) is -0.429. The van der Waals surface area contributed by atoms with E-state index in [9.17, 15) is 19.3 Å². The molecular formula is C11H12FN3O3. The molecule has 1 aromatic rings. The summed E-state index contributed by atoms with van der Waals surface area (Å²) in [6.07, 6.45) is 1.59. The van der Waals surface area contributed by atoms with Crippen molar-refractivity contribution in [3.63, 3.8) is 0 Å². The molecule has 1 aliphatic rings. The Morgan fingerprint density at radius 2 is 2.33 bits per heavy atom. The zero-order valence-electron chi connectivity index (χ0n) is 9.48. The highest BCUT2D eigenvalue weighted by molar-refractivity contribution is 5.96. The van der Waals surface area contributed by atoms with Crippen molar-refractivity contribution in [3.05, 3.63) is 34.1 Å². The first-order valence-corrected chi connectivity index (χ1v) is 5.56. The summed E-state index contributed by atoms with van der Waals surface area (Å²) in [5, 5.41) is 16.2. The van der Waals surface area contributed by atoms with Crippen LogP contribution in [0.2, 0.25) is 0 Å². The van der Waals surface area contributed by atoms with Crippen molar-refractivity contribution in [1.82, 2.24) is 5.32 Å². The number of carbonyl (C=O) groups is 1. The summed E-state index contributed by atoms with van der Waals surface area (Å²) in [6, 6.07) is 2.72. The molecule has 0 bridgehead atoms. The van der Waals surface area contributed by atoms with Gasteiger partial charge in [-0.05, 0) is 31.5 Å². The molecule has 0 saturated carbocycles. The van der Waals surface area contributed by atoms with E-state index in [4.69, 9.17) is 0 Å². The van der Waals surface area contributed by atoms with Gasteiger partial charge in [-0.3, -0.25) is 14.9 Å². The molecule has 7 heteroatoms. The smallest absolute Gasteiger partial charge is 0.295 e. The number of carbonyl (C=O) groups excluding carboxylic acids is 1. The maximum atomic E-state index is 12.9. The Kier molecular flexibility index (Phi) is 3.52. The minimum absolute atomic E-state index is 0.0140. The molecule has 1 heterocycles. The minimum Gasteiger partial charge on any atom is -0.319 e. The topological polar surface area (TPSA) is 84.3 Å². The molecule has 0 unspecified atom stereocenters. The van der Waals surface area contributed by atoms with E-state index >= 15 is 0 Å². The molecule has 1 aromatic carbocycles. The number of nitrogens with zero attached hydrogens (tertiary/aromatic N) is 1. The fraction of sp³-hybridized carbons (Fsp3) is 0.364. The standard InChI is InChI=1S/C11H12FN3O3/c12-7-3-4-8(10(6-7)15(17)18)14-11(16)9-2-1-5-13-9/h3-4,6,9,13H,1-2,5H2,(H,14,16)/t9-/m0/s1. The molecule has 1 atom stereocenters. The molecule has 0 spiro atoms. The van der Waals surface area contributed by atoms with Gasteiger partial charge in [0, 0.05) is 0 Å². The Hall–Kier alpha value is -2.02. The molecular weight excluding hydrogens is 241 g/mol. The van der Waals surface area contributed by atoms with E-state index in [-0.39, 0.29) is 17.6 Å². The van der Waals surface area contributed by atoms with Gasteiger partial charge < -0.3 is 10.6 Å². The molecule has 1 saturated heterocycles. The highest BCUT2D eigenvalue weighted by Crippen LogP contribution is 2.25. The van der Waals surface area contributed by atoms with E-state index in [0.717, 1.165) is 25.1 Å². The number of nitro benzene ring substituents is 1. The summed E-state index contributed by atoms with van der Waals surface area (Å²) < 4.78 is 12.9. The van der Waals surface area contributed by atoms with Gasteiger partial charge in [0.25, 0.3) is 5.69 Å². The van der Waals surface area contributed by atoms with Crippen LogP contribution < -0.4 is 10.6 Å². The van der Waals surface area contributed by atoms with Crippen LogP contribution in [0, 0.1) is 15.9 Å². The van der Waals surface area contributed by atoms with Crippen LogP contribution in [0.4, 0.5) is 15.8 Å². The van der Waals surface area contributed by atoms with Crippen molar-refractivity contribution < 1.29 is 14.1 Å². The average Bonchev–Trinajstić information content (AvgIpc) is 2.84. The van der Waals surface area contributed by atoms with E-state index in [1.807, 2.05) is 0 Å². The highest BCUT2D eigenvalue weighted by atomic mass is 19.1. The fourth-order valence-electron chi connectivity index (χ4n) is 1.89. The van der Waals surface area contributed by atoms with Gasteiger partial charge in [0.05, 0.1) is 17.0 Å². The lowest BCUT2D eigenvalue weighted by atomic mass is 10.2. The number of hydrogen-bond acceptors (Lipinski definition) is 4. The van der Waals surface area contributed by atoms with Gasteiger partial charge in [0.15, 0.2) is 0 Å². The molecule has 6 nitrogen and oxygen atoms in total. The number of nitro groups is 1. The second-order valence-corrected chi connectivity index (χ2v) is 4.06. The molecule has 0 radical (unpaired) electrons. The Morgan fingerprint density at radius 3 is 2.94 bits per heavy atom. The van der Waals surface area contributed by atoms with Crippen molar-refractivity contribution in [3.8, 4) is 0 Å². The molecule has 2 N–H and O–H groups in total. The number of nitrogens with one attached hydrogen (secondary N) is 2. The van der Waals surface area contributed by atoms with Crippen LogP contribution in [0.15, 0.2) is 18.2 Å². The Balaban J connectivity index is 2.17. The summed E-state index contributed by atoms with van der Waals surface area (Å²) in [5.74, 6) is -1.04. The third-order valence-electron chi connectivity index (χ3n) is 2.79. The monoisotopic (exact) mass is 253 g/mol. The Bertz CT molecular complexity index is 486. The first kappa shape index (κ1) is 12.4. The average molecular weight is 253 g/mol. The second kappa shape index (κ2) is 5.09. The number of halogens is 1. The van der Waals surface area contributed by atoms with Crippen molar-refractivity contribution in [2.45, 2.75) is 18.9 Å². The van der Waals surface area contributed by atoms with Gasteiger partial charge in [-0.1, -0.05) is 0 Å². The molecule has 1 amide bonds. The van der Waals surface area contributed by atoms with Crippen LogP contribution in [-0.4, -0.2) is 23.4 Å². The Morgan fingerprint density at radius 1 is 1.56 bits per heavy atom. The van der Waals surface area contributed by atoms with Crippen LogP contribution in [0.25, 0.3) is 0 Å². The Labute approximate surface area is 102 Å². The molecule has 18 heavy (non-hydrogen) atoms. The second-order valence-electron chi connectivity index (χ2n) is 4.06. The van der Waals surface area contributed by atoms with E-state index in [2.05, 4.69) is 10.6 Å². The highest BCUT2D eigenvalue weighted by Gasteiger charge is 2.24. The van der Waals surface area contributed by atoms with Crippen molar-refractivity contribution >= 4 is 17.3 Å². The van der Waals surface area contributed by atoms with Crippen LogP contribution in [0.3, 0.4) is 0 Å². The number of anilines is 1. The molecule has 1 aliphatic heterocycles. The zero-order valence-corrected chi connectivity index (χ0v) is 9.48. The van der Waals surface area contributed by atoms with Crippen molar-refractivity contribution in [2.24, 2.45) is 0 Å². The quantitative estimate of drug-likeness (QED) is 0.630. The molecule has 2 rings (SSSR count). The normalized spacial score (nSPS) is 18.6. The van der Waals surface area contributed by atoms with E-state index in [1.165, 1.54) is 6.07 Å². The van der Waals surface area contributed by atoms with Gasteiger partial charge in [-0.25, -0.2) is 4.39 Å². The lowest BCUT2D eigenvalue weighted by molar-refractivity contribution is -0.384. The summed E-state index contributed by atoms with van der Waals surface area (Å²) in [4.78, 5) is 21.8. The molecule has 96 valence electrons. The third-order valence-corrected chi connectivity index (χ3v) is 2.79. The lowest BCUT2D eigenvalue weighted by Gasteiger charge is -2.11. The number of benzene rings is 1. The number of hydrogen-bond donors (Lipinski definition) is 2. The molecule has 0 aromatic heterocycles. The van der Waals surface area contributed by atoms with Gasteiger partial charge in [-0.15, -0.1) is 0 Å². The first-order valence-electron chi connectivity index (χ1n) is 5.56. The predicted octanol–water partition coefficient (Wildman–Crippen LogP) is 1.42. The maximum Gasteiger partial charge on any atom is 0.295 e. The first-order chi connectivity index (χ1) is 8.58. The van der Waals surface area contributed by atoms with E-state index < -0.39 is 16.4 Å². The van der Waals surface area contributed by atoms with Gasteiger partial charge in [0.2, 0.25) is 5.91 Å². The SMILES string of the molecule is O=C(Nc1ccc(F)cc1[N+](=O)[O-])[C@@H]1CCCN1. The van der Waals surface area contributed by atoms with Crippen molar-refractivity contribution in [1.29, 1.82) is 0 Å². The number of amides is 1. The zero-order chi connectivity index (χ0) is 13.1. The van der Waals surface area contributed by atoms with Gasteiger partial charge in [0.1, 0.15) is 11.5 Å². The van der Waals surface area contributed by atoms with E-state index in [1.54, 1.807) is 0 Å². The lowest BCUT2D eigenvalue weighted by Crippen LogP contribution is -2.35.